The SMILES string of the molecule is COc1cc(C(=O)Nc2ccc(F)cc2F)ccc1OCc1ccccc1. The molecule has 0 saturated carbocycles. The summed E-state index contributed by atoms with van der Waals surface area (Å²) in [6, 6.07) is 17.2. The van der Waals surface area contributed by atoms with E-state index in [0.29, 0.717) is 24.2 Å². The van der Waals surface area contributed by atoms with E-state index in [0.717, 1.165) is 17.7 Å². The van der Waals surface area contributed by atoms with Gasteiger partial charge in [-0.2, -0.15) is 0 Å². The molecule has 0 unspecified atom stereocenters. The minimum absolute atomic E-state index is 0.107. The summed E-state index contributed by atoms with van der Waals surface area (Å²) in [5, 5.41) is 2.41. The Balaban J connectivity index is 1.73. The predicted molar refractivity (Wildman–Crippen MR) is 98.1 cm³/mol. The predicted octanol–water partition coefficient (Wildman–Crippen LogP) is 4.80. The summed E-state index contributed by atoms with van der Waals surface area (Å²) in [5.41, 5.74) is 1.14. The average Bonchev–Trinajstić information content (AvgIpc) is 2.69. The second-order valence-corrected chi connectivity index (χ2v) is 5.72. The van der Waals surface area contributed by atoms with E-state index in [9.17, 15) is 13.6 Å². The second-order valence-electron chi connectivity index (χ2n) is 5.72. The topological polar surface area (TPSA) is 47.6 Å². The molecule has 0 fully saturated rings. The number of benzene rings is 3. The Morgan fingerprint density at radius 3 is 2.44 bits per heavy atom. The summed E-state index contributed by atoms with van der Waals surface area (Å²) in [6.45, 7) is 0.351. The highest BCUT2D eigenvalue weighted by Crippen LogP contribution is 2.29. The number of hydrogen-bond donors (Lipinski definition) is 1. The van der Waals surface area contributed by atoms with Gasteiger partial charge in [-0.05, 0) is 35.9 Å². The van der Waals surface area contributed by atoms with Gasteiger partial charge in [-0.25, -0.2) is 8.78 Å². The molecule has 0 bridgehead atoms. The van der Waals surface area contributed by atoms with Crippen molar-refractivity contribution in [3.05, 3.63) is 89.5 Å². The normalized spacial score (nSPS) is 10.3. The van der Waals surface area contributed by atoms with E-state index in [2.05, 4.69) is 5.32 Å². The summed E-state index contributed by atoms with van der Waals surface area (Å²) in [4.78, 5) is 12.3. The van der Waals surface area contributed by atoms with Crippen LogP contribution in [0.15, 0.2) is 66.7 Å². The molecule has 0 saturated heterocycles. The molecule has 3 aromatic rings. The summed E-state index contributed by atoms with van der Waals surface area (Å²) < 4.78 is 37.7. The summed E-state index contributed by atoms with van der Waals surface area (Å²) in [5.74, 6) is -1.26. The maximum Gasteiger partial charge on any atom is 0.255 e. The number of carbonyl (C=O) groups excluding carboxylic acids is 1. The lowest BCUT2D eigenvalue weighted by Gasteiger charge is -2.13. The van der Waals surface area contributed by atoms with E-state index in [1.165, 1.54) is 13.2 Å². The highest BCUT2D eigenvalue weighted by atomic mass is 19.1. The minimum atomic E-state index is -0.849. The van der Waals surface area contributed by atoms with Crippen molar-refractivity contribution in [1.82, 2.24) is 0 Å². The van der Waals surface area contributed by atoms with E-state index in [-0.39, 0.29) is 11.3 Å². The number of anilines is 1. The third-order valence-electron chi connectivity index (χ3n) is 3.84. The molecule has 138 valence electrons. The molecular formula is C21H17F2NO3. The van der Waals surface area contributed by atoms with Gasteiger partial charge < -0.3 is 14.8 Å². The molecule has 1 amide bonds. The molecule has 0 aliphatic carbocycles. The van der Waals surface area contributed by atoms with Gasteiger partial charge in [0.2, 0.25) is 0 Å². The fourth-order valence-corrected chi connectivity index (χ4v) is 2.45. The van der Waals surface area contributed by atoms with Crippen molar-refractivity contribution in [2.24, 2.45) is 0 Å². The molecule has 3 aromatic carbocycles. The minimum Gasteiger partial charge on any atom is -0.493 e. The first kappa shape index (κ1) is 18.4. The highest BCUT2D eigenvalue weighted by Gasteiger charge is 2.14. The van der Waals surface area contributed by atoms with Crippen molar-refractivity contribution >= 4 is 11.6 Å². The van der Waals surface area contributed by atoms with Gasteiger partial charge in [0, 0.05) is 11.6 Å². The van der Waals surface area contributed by atoms with E-state index >= 15 is 0 Å². The molecule has 0 atom stereocenters. The van der Waals surface area contributed by atoms with E-state index in [4.69, 9.17) is 9.47 Å². The van der Waals surface area contributed by atoms with Crippen LogP contribution < -0.4 is 14.8 Å². The van der Waals surface area contributed by atoms with Gasteiger partial charge >= 0.3 is 0 Å². The molecule has 0 radical (unpaired) electrons. The smallest absolute Gasteiger partial charge is 0.255 e. The molecule has 0 aromatic heterocycles. The van der Waals surface area contributed by atoms with Crippen molar-refractivity contribution in [3.63, 3.8) is 0 Å². The quantitative estimate of drug-likeness (QED) is 0.679. The largest absolute Gasteiger partial charge is 0.493 e. The first-order valence-corrected chi connectivity index (χ1v) is 8.18. The van der Waals surface area contributed by atoms with Crippen molar-refractivity contribution in [2.45, 2.75) is 6.61 Å². The lowest BCUT2D eigenvalue weighted by Crippen LogP contribution is -2.13. The number of amides is 1. The first-order chi connectivity index (χ1) is 13.1. The van der Waals surface area contributed by atoms with Crippen LogP contribution in [0.4, 0.5) is 14.5 Å². The number of halogens is 2. The molecule has 0 spiro atoms. The maximum atomic E-state index is 13.7. The number of nitrogens with one attached hydrogen (secondary N) is 1. The molecular weight excluding hydrogens is 352 g/mol. The zero-order valence-corrected chi connectivity index (χ0v) is 14.5. The fourth-order valence-electron chi connectivity index (χ4n) is 2.45. The van der Waals surface area contributed by atoms with Crippen LogP contribution in [-0.4, -0.2) is 13.0 Å². The van der Waals surface area contributed by atoms with Crippen LogP contribution in [0.2, 0.25) is 0 Å². The van der Waals surface area contributed by atoms with Crippen LogP contribution in [0.3, 0.4) is 0 Å². The van der Waals surface area contributed by atoms with Gasteiger partial charge in [0.05, 0.1) is 12.8 Å². The van der Waals surface area contributed by atoms with Crippen molar-refractivity contribution in [3.8, 4) is 11.5 Å². The Bertz CT molecular complexity index is 945. The third kappa shape index (κ3) is 4.61. The van der Waals surface area contributed by atoms with Crippen LogP contribution in [0, 0.1) is 11.6 Å². The summed E-state index contributed by atoms with van der Waals surface area (Å²) in [6.07, 6.45) is 0. The lowest BCUT2D eigenvalue weighted by atomic mass is 10.1. The van der Waals surface area contributed by atoms with Gasteiger partial charge in [-0.15, -0.1) is 0 Å². The Morgan fingerprint density at radius 2 is 1.74 bits per heavy atom. The molecule has 0 aliphatic heterocycles. The molecule has 0 aliphatic rings. The Kier molecular flexibility index (Phi) is 5.66. The van der Waals surface area contributed by atoms with Gasteiger partial charge in [0.25, 0.3) is 5.91 Å². The van der Waals surface area contributed by atoms with E-state index < -0.39 is 17.5 Å². The van der Waals surface area contributed by atoms with Crippen LogP contribution >= 0.6 is 0 Å². The molecule has 27 heavy (non-hydrogen) atoms. The maximum absolute atomic E-state index is 13.7. The van der Waals surface area contributed by atoms with E-state index in [1.54, 1.807) is 12.1 Å². The number of carbonyl (C=O) groups is 1. The highest BCUT2D eigenvalue weighted by molar-refractivity contribution is 6.04. The number of methoxy groups -OCH3 is 1. The number of ether oxygens (including phenoxy) is 2. The van der Waals surface area contributed by atoms with Crippen LogP contribution in [-0.2, 0) is 6.61 Å². The first-order valence-electron chi connectivity index (χ1n) is 8.18. The molecule has 1 N–H and O–H groups in total. The summed E-state index contributed by atoms with van der Waals surface area (Å²) in [7, 11) is 1.46. The standard InChI is InChI=1S/C21H17F2NO3/c1-26-20-11-15(21(25)24-18-9-8-16(22)12-17(18)23)7-10-19(20)27-13-14-5-3-2-4-6-14/h2-12H,13H2,1H3,(H,24,25). The Morgan fingerprint density at radius 1 is 0.963 bits per heavy atom. The monoisotopic (exact) mass is 369 g/mol. The van der Waals surface area contributed by atoms with Gasteiger partial charge in [-0.3, -0.25) is 4.79 Å². The number of hydrogen-bond acceptors (Lipinski definition) is 3. The molecule has 6 heteroatoms. The van der Waals surface area contributed by atoms with E-state index in [1.807, 2.05) is 30.3 Å². The molecule has 0 heterocycles. The van der Waals surface area contributed by atoms with Gasteiger partial charge in [0.15, 0.2) is 11.5 Å². The average molecular weight is 369 g/mol. The zero-order valence-electron chi connectivity index (χ0n) is 14.5. The second kappa shape index (κ2) is 8.31. The Labute approximate surface area is 155 Å². The van der Waals surface area contributed by atoms with Gasteiger partial charge in [-0.1, -0.05) is 30.3 Å². The van der Waals surface area contributed by atoms with Crippen LogP contribution in [0.25, 0.3) is 0 Å². The summed E-state index contributed by atoms with van der Waals surface area (Å²) >= 11 is 0. The molecule has 3 rings (SSSR count). The molecule has 4 nitrogen and oxygen atoms in total. The third-order valence-corrected chi connectivity index (χ3v) is 3.84. The lowest BCUT2D eigenvalue weighted by molar-refractivity contribution is 0.102. The van der Waals surface area contributed by atoms with Crippen molar-refractivity contribution in [2.75, 3.05) is 12.4 Å². The van der Waals surface area contributed by atoms with Crippen LogP contribution in [0.1, 0.15) is 15.9 Å². The van der Waals surface area contributed by atoms with Crippen LogP contribution in [0.5, 0.6) is 11.5 Å². The van der Waals surface area contributed by atoms with Crippen molar-refractivity contribution < 1.29 is 23.0 Å². The fraction of sp³-hybridized carbons (Fsp3) is 0.0952. The number of rotatable bonds is 6. The Hall–Kier alpha value is -3.41. The zero-order chi connectivity index (χ0) is 19.2. The van der Waals surface area contributed by atoms with Gasteiger partial charge in [0.1, 0.15) is 18.2 Å². The van der Waals surface area contributed by atoms with Crippen molar-refractivity contribution in [1.29, 1.82) is 0 Å².